The third kappa shape index (κ3) is 4.25. The first kappa shape index (κ1) is 14.9. The molecule has 5 heteroatoms. The van der Waals surface area contributed by atoms with E-state index in [1.165, 1.54) is 0 Å². The summed E-state index contributed by atoms with van der Waals surface area (Å²) in [7, 11) is -3.01. The minimum Gasteiger partial charge on any atom is -0.304 e. The molecule has 1 rings (SSSR count). The zero-order chi connectivity index (χ0) is 13.4. The number of rotatable bonds is 7. The molecule has 4 nitrogen and oxygen atoms in total. The molecule has 0 amide bonds. The summed E-state index contributed by atoms with van der Waals surface area (Å²) in [6, 6.07) is 8.43. The SMILES string of the molecule is CCCCCC(=O)C=S(=O)(NO)c1ccccc1. The number of unbranched alkanes of at least 4 members (excludes halogenated alkanes) is 2. The lowest BCUT2D eigenvalue weighted by Gasteiger charge is -2.08. The molecule has 1 unspecified atom stereocenters. The van der Waals surface area contributed by atoms with E-state index < -0.39 is 9.71 Å². The first-order chi connectivity index (χ1) is 8.62. The van der Waals surface area contributed by atoms with Crippen LogP contribution in [0.3, 0.4) is 0 Å². The molecule has 1 aromatic rings. The van der Waals surface area contributed by atoms with E-state index in [0.717, 1.165) is 24.6 Å². The van der Waals surface area contributed by atoms with Crippen LogP contribution in [0.4, 0.5) is 0 Å². The van der Waals surface area contributed by atoms with E-state index in [4.69, 9.17) is 5.21 Å². The first-order valence-electron chi connectivity index (χ1n) is 6.00. The summed E-state index contributed by atoms with van der Waals surface area (Å²) in [4.78, 5) is 13.8. The highest BCUT2D eigenvalue weighted by Gasteiger charge is 2.11. The lowest BCUT2D eigenvalue weighted by Crippen LogP contribution is -2.24. The molecule has 1 atom stereocenters. The van der Waals surface area contributed by atoms with Crippen LogP contribution in [0, 0.1) is 0 Å². The smallest absolute Gasteiger partial charge is 0.165 e. The largest absolute Gasteiger partial charge is 0.304 e. The van der Waals surface area contributed by atoms with Crippen molar-refractivity contribution in [3.63, 3.8) is 0 Å². The maximum atomic E-state index is 12.4. The van der Waals surface area contributed by atoms with Crippen LogP contribution in [0.5, 0.6) is 0 Å². The first-order valence-corrected chi connectivity index (χ1v) is 7.62. The van der Waals surface area contributed by atoms with E-state index in [2.05, 4.69) is 6.92 Å². The monoisotopic (exact) mass is 269 g/mol. The van der Waals surface area contributed by atoms with Crippen LogP contribution in [-0.4, -0.2) is 20.6 Å². The summed E-state index contributed by atoms with van der Waals surface area (Å²) in [5.41, 5.74) is 0. The van der Waals surface area contributed by atoms with Crippen molar-refractivity contribution in [2.45, 2.75) is 37.5 Å². The molecule has 0 radical (unpaired) electrons. The van der Waals surface area contributed by atoms with Crippen molar-refractivity contribution in [2.24, 2.45) is 0 Å². The van der Waals surface area contributed by atoms with Crippen LogP contribution in [-0.2, 0) is 14.5 Å². The highest BCUT2D eigenvalue weighted by molar-refractivity contribution is 8.00. The molecule has 0 aromatic heterocycles. The number of hydrogen-bond acceptors (Lipinski definition) is 3. The van der Waals surface area contributed by atoms with Crippen molar-refractivity contribution >= 4 is 20.9 Å². The van der Waals surface area contributed by atoms with E-state index in [1.807, 2.05) is 0 Å². The summed E-state index contributed by atoms with van der Waals surface area (Å²) in [5.74, 6) is -0.209. The molecule has 0 aliphatic heterocycles. The van der Waals surface area contributed by atoms with Gasteiger partial charge in [0.1, 0.15) is 0 Å². The van der Waals surface area contributed by atoms with Gasteiger partial charge in [0, 0.05) is 11.3 Å². The highest BCUT2D eigenvalue weighted by atomic mass is 32.2. The Morgan fingerprint density at radius 1 is 1.33 bits per heavy atom. The fraction of sp³-hybridized carbons (Fsp3) is 0.385. The third-order valence-corrected chi connectivity index (χ3v) is 4.39. The van der Waals surface area contributed by atoms with E-state index in [9.17, 15) is 9.00 Å². The zero-order valence-electron chi connectivity index (χ0n) is 10.5. The second-order valence-electron chi connectivity index (χ2n) is 4.05. The maximum Gasteiger partial charge on any atom is 0.165 e. The molecule has 18 heavy (non-hydrogen) atoms. The molecule has 0 aliphatic rings. The summed E-state index contributed by atoms with van der Waals surface area (Å²) >= 11 is 0. The number of carbonyl (C=O) groups excluding carboxylic acids is 1. The molecule has 0 heterocycles. The van der Waals surface area contributed by atoms with E-state index in [1.54, 1.807) is 35.2 Å². The number of carbonyl (C=O) groups is 1. The highest BCUT2D eigenvalue weighted by Crippen LogP contribution is 2.08. The summed E-state index contributed by atoms with van der Waals surface area (Å²) in [6.07, 6.45) is 3.14. The molecule has 0 saturated heterocycles. The van der Waals surface area contributed by atoms with E-state index in [0.29, 0.717) is 11.3 Å². The van der Waals surface area contributed by atoms with Crippen LogP contribution in [0.15, 0.2) is 35.2 Å². The quantitative estimate of drug-likeness (QED) is 0.453. The average molecular weight is 269 g/mol. The van der Waals surface area contributed by atoms with Gasteiger partial charge in [-0.05, 0) is 18.6 Å². The van der Waals surface area contributed by atoms with Crippen molar-refractivity contribution in [3.8, 4) is 0 Å². The zero-order valence-corrected chi connectivity index (χ0v) is 11.3. The summed E-state index contributed by atoms with van der Waals surface area (Å²) in [6.45, 7) is 2.05. The van der Waals surface area contributed by atoms with Crippen molar-refractivity contribution in [3.05, 3.63) is 30.3 Å². The minimum atomic E-state index is -3.01. The maximum absolute atomic E-state index is 12.4. The topological polar surface area (TPSA) is 66.4 Å². The minimum absolute atomic E-state index is 0.209. The second kappa shape index (κ2) is 7.31. The summed E-state index contributed by atoms with van der Waals surface area (Å²) < 4.78 is 12.4. The number of Topliss-reactive ketones (excluding diaryl/α,β-unsaturated/α-hetero) is 1. The Morgan fingerprint density at radius 2 is 2.00 bits per heavy atom. The molecule has 0 bridgehead atoms. The third-order valence-electron chi connectivity index (χ3n) is 2.55. The molecule has 0 aliphatic carbocycles. The molecule has 0 saturated carbocycles. The second-order valence-corrected chi connectivity index (χ2v) is 6.14. The van der Waals surface area contributed by atoms with Crippen molar-refractivity contribution < 1.29 is 14.2 Å². The molecule has 0 spiro atoms. The van der Waals surface area contributed by atoms with Gasteiger partial charge in [-0.2, -0.15) is 0 Å². The van der Waals surface area contributed by atoms with Crippen LogP contribution in [0.1, 0.15) is 32.6 Å². The Hall–Kier alpha value is -1.17. The predicted octanol–water partition coefficient (Wildman–Crippen LogP) is 2.18. The van der Waals surface area contributed by atoms with Gasteiger partial charge in [0.05, 0.1) is 15.1 Å². The van der Waals surface area contributed by atoms with Gasteiger partial charge >= 0.3 is 0 Å². The fourth-order valence-corrected chi connectivity index (χ4v) is 2.91. The van der Waals surface area contributed by atoms with Gasteiger partial charge in [-0.1, -0.05) is 38.0 Å². The molecule has 100 valence electrons. The molecule has 1 aromatic carbocycles. The van der Waals surface area contributed by atoms with Crippen LogP contribution < -0.4 is 4.89 Å². The Kier molecular flexibility index (Phi) is 6.04. The fourth-order valence-electron chi connectivity index (χ4n) is 1.56. The Labute approximate surface area is 108 Å². The number of hydrogen-bond donors (Lipinski definition) is 2. The van der Waals surface area contributed by atoms with Crippen molar-refractivity contribution in [1.82, 2.24) is 4.89 Å². The van der Waals surface area contributed by atoms with Crippen LogP contribution in [0.25, 0.3) is 0 Å². The van der Waals surface area contributed by atoms with Crippen LogP contribution in [0.2, 0.25) is 0 Å². The molecule has 0 fully saturated rings. The Balaban J connectivity index is 2.88. The van der Waals surface area contributed by atoms with Gasteiger partial charge in [-0.15, -0.1) is 4.89 Å². The van der Waals surface area contributed by atoms with Gasteiger partial charge in [-0.25, -0.2) is 4.21 Å². The van der Waals surface area contributed by atoms with Crippen molar-refractivity contribution in [2.75, 3.05) is 0 Å². The van der Waals surface area contributed by atoms with Gasteiger partial charge in [0.2, 0.25) is 0 Å². The number of ketones is 1. The van der Waals surface area contributed by atoms with Gasteiger partial charge < -0.3 is 5.21 Å². The van der Waals surface area contributed by atoms with E-state index in [-0.39, 0.29) is 5.78 Å². The predicted molar refractivity (Wildman–Crippen MR) is 73.0 cm³/mol. The lowest BCUT2D eigenvalue weighted by molar-refractivity contribution is -0.112. The standard InChI is InChI=1S/C13H19NO3S/c1-2-3-5-8-12(15)11-18(17,14-16)13-9-6-4-7-10-13/h4,6-7,9-11,16H,2-3,5,8H2,1H3,(H,14,17). The molecular formula is C13H19NO3S. The molecular weight excluding hydrogens is 250 g/mol. The normalized spacial score (nSPS) is 13.9. The Morgan fingerprint density at radius 3 is 2.56 bits per heavy atom. The number of benzene rings is 1. The Bertz CT molecular complexity index is 490. The molecule has 2 N–H and O–H groups in total. The van der Waals surface area contributed by atoms with Gasteiger partial charge in [-0.3, -0.25) is 4.79 Å². The van der Waals surface area contributed by atoms with Gasteiger partial charge in [0.25, 0.3) is 0 Å². The van der Waals surface area contributed by atoms with E-state index >= 15 is 0 Å². The van der Waals surface area contributed by atoms with Gasteiger partial charge in [0.15, 0.2) is 5.78 Å². The summed E-state index contributed by atoms with van der Waals surface area (Å²) in [5, 5.41) is 10.1. The lowest BCUT2D eigenvalue weighted by atomic mass is 10.2. The van der Waals surface area contributed by atoms with Crippen molar-refractivity contribution in [1.29, 1.82) is 0 Å². The van der Waals surface area contributed by atoms with Crippen LogP contribution >= 0.6 is 0 Å². The average Bonchev–Trinajstić information content (AvgIpc) is 2.40. The number of nitrogens with one attached hydrogen (secondary N) is 1.